The number of nitrogens with zero attached hydrogens (tertiary/aromatic N) is 3. The van der Waals surface area contributed by atoms with Crippen molar-refractivity contribution in [3.63, 3.8) is 0 Å². The lowest BCUT2D eigenvalue weighted by atomic mass is 10.1. The minimum absolute atomic E-state index is 0.0149. The zero-order valence-electron chi connectivity index (χ0n) is 12.0. The molecule has 0 unspecified atom stereocenters. The fourth-order valence-electron chi connectivity index (χ4n) is 1.85. The summed E-state index contributed by atoms with van der Waals surface area (Å²) in [7, 11) is 0. The van der Waals surface area contributed by atoms with Gasteiger partial charge in [0.1, 0.15) is 0 Å². The number of carbonyl (C=O) groups excluding carboxylic acids is 1. The number of nitro benzene ring substituents is 3. The van der Waals surface area contributed by atoms with Crippen molar-refractivity contribution in [2.75, 3.05) is 5.32 Å². The standard InChI is InChI=1S/C13H7ClN4O7/c14-11-2-1-8(16(20)21)6-12(11)15-13(19)7-3-9(17(22)23)5-10(4-7)18(24)25/h1-6H,(H,15,19). The number of nitro groups is 3. The third-order valence-electron chi connectivity index (χ3n) is 3.00. The second kappa shape index (κ2) is 6.88. The summed E-state index contributed by atoms with van der Waals surface area (Å²) in [5, 5.41) is 34.7. The Hall–Kier alpha value is -3.60. The Morgan fingerprint density at radius 2 is 1.36 bits per heavy atom. The molecule has 128 valence electrons. The molecule has 0 aromatic heterocycles. The van der Waals surface area contributed by atoms with Crippen LogP contribution in [0.2, 0.25) is 5.02 Å². The van der Waals surface area contributed by atoms with Gasteiger partial charge in [0.05, 0.1) is 37.1 Å². The number of nitrogens with one attached hydrogen (secondary N) is 1. The minimum Gasteiger partial charge on any atom is -0.320 e. The molecule has 0 heterocycles. The van der Waals surface area contributed by atoms with Gasteiger partial charge in [-0.1, -0.05) is 11.6 Å². The largest absolute Gasteiger partial charge is 0.320 e. The molecule has 2 aromatic rings. The lowest BCUT2D eigenvalue weighted by Crippen LogP contribution is -2.13. The van der Waals surface area contributed by atoms with E-state index in [-0.39, 0.29) is 22.0 Å². The molecule has 0 aliphatic carbocycles. The van der Waals surface area contributed by atoms with Crippen molar-refractivity contribution in [3.8, 4) is 0 Å². The molecule has 2 rings (SSSR count). The first-order valence-corrected chi connectivity index (χ1v) is 6.76. The third kappa shape index (κ3) is 4.03. The van der Waals surface area contributed by atoms with Crippen LogP contribution in [-0.4, -0.2) is 20.7 Å². The number of carbonyl (C=O) groups is 1. The van der Waals surface area contributed by atoms with E-state index < -0.39 is 32.1 Å². The molecule has 0 aliphatic heterocycles. The molecule has 0 spiro atoms. The van der Waals surface area contributed by atoms with Gasteiger partial charge < -0.3 is 5.32 Å². The van der Waals surface area contributed by atoms with E-state index in [4.69, 9.17) is 11.6 Å². The number of non-ortho nitro benzene ring substituents is 3. The van der Waals surface area contributed by atoms with Crippen LogP contribution < -0.4 is 5.32 Å². The summed E-state index contributed by atoms with van der Waals surface area (Å²) in [5.41, 5.74) is -2.13. The highest BCUT2D eigenvalue weighted by Crippen LogP contribution is 2.28. The Kier molecular flexibility index (Phi) is 4.89. The van der Waals surface area contributed by atoms with Gasteiger partial charge in [0.15, 0.2) is 0 Å². The van der Waals surface area contributed by atoms with Crippen LogP contribution in [-0.2, 0) is 0 Å². The second-order valence-electron chi connectivity index (χ2n) is 4.63. The fraction of sp³-hybridized carbons (Fsp3) is 0. The van der Waals surface area contributed by atoms with Crippen LogP contribution in [0.3, 0.4) is 0 Å². The monoisotopic (exact) mass is 366 g/mol. The first-order valence-electron chi connectivity index (χ1n) is 6.38. The molecule has 2 aromatic carbocycles. The van der Waals surface area contributed by atoms with Crippen LogP contribution in [0.1, 0.15) is 10.4 Å². The van der Waals surface area contributed by atoms with E-state index in [1.54, 1.807) is 0 Å². The number of rotatable bonds is 5. The molecular formula is C13H7ClN4O7. The SMILES string of the molecule is O=C(Nc1cc([N+](=O)[O-])ccc1Cl)c1cc([N+](=O)[O-])cc([N+](=O)[O-])c1. The topological polar surface area (TPSA) is 159 Å². The summed E-state index contributed by atoms with van der Waals surface area (Å²) >= 11 is 5.84. The average Bonchev–Trinajstić information content (AvgIpc) is 2.55. The Balaban J connectivity index is 2.41. The van der Waals surface area contributed by atoms with Gasteiger partial charge in [0.25, 0.3) is 23.0 Å². The van der Waals surface area contributed by atoms with E-state index in [9.17, 15) is 35.1 Å². The number of halogens is 1. The highest BCUT2D eigenvalue weighted by atomic mass is 35.5. The van der Waals surface area contributed by atoms with E-state index in [0.29, 0.717) is 6.07 Å². The average molecular weight is 367 g/mol. The lowest BCUT2D eigenvalue weighted by Gasteiger charge is -2.07. The molecule has 1 amide bonds. The maximum Gasteiger partial charge on any atom is 0.277 e. The summed E-state index contributed by atoms with van der Waals surface area (Å²) < 4.78 is 0. The second-order valence-corrected chi connectivity index (χ2v) is 5.03. The Morgan fingerprint density at radius 1 is 0.840 bits per heavy atom. The van der Waals surface area contributed by atoms with Crippen LogP contribution in [0.5, 0.6) is 0 Å². The molecule has 1 N–H and O–H groups in total. The highest BCUT2D eigenvalue weighted by Gasteiger charge is 2.21. The summed E-state index contributed by atoms with van der Waals surface area (Å²) in [6, 6.07) is 5.69. The molecule has 0 saturated heterocycles. The summed E-state index contributed by atoms with van der Waals surface area (Å²) in [4.78, 5) is 42.2. The van der Waals surface area contributed by atoms with Crippen LogP contribution in [0.15, 0.2) is 36.4 Å². The molecule has 11 nitrogen and oxygen atoms in total. The van der Waals surface area contributed by atoms with Gasteiger partial charge in [-0.2, -0.15) is 0 Å². The van der Waals surface area contributed by atoms with Crippen molar-refractivity contribution < 1.29 is 19.6 Å². The third-order valence-corrected chi connectivity index (χ3v) is 3.32. The molecular weight excluding hydrogens is 360 g/mol. The number of amides is 1. The predicted molar refractivity (Wildman–Crippen MR) is 85.8 cm³/mol. The maximum absolute atomic E-state index is 12.2. The predicted octanol–water partition coefficient (Wildman–Crippen LogP) is 3.32. The first kappa shape index (κ1) is 17.7. The molecule has 0 bridgehead atoms. The van der Waals surface area contributed by atoms with E-state index in [2.05, 4.69) is 5.32 Å². The molecule has 0 saturated carbocycles. The maximum atomic E-state index is 12.2. The van der Waals surface area contributed by atoms with E-state index >= 15 is 0 Å². The van der Waals surface area contributed by atoms with Crippen LogP contribution in [0.4, 0.5) is 22.7 Å². The van der Waals surface area contributed by atoms with E-state index in [1.165, 1.54) is 6.07 Å². The van der Waals surface area contributed by atoms with Gasteiger partial charge in [-0.05, 0) is 6.07 Å². The quantitative estimate of drug-likeness (QED) is 0.627. The molecule has 0 fully saturated rings. The van der Waals surface area contributed by atoms with Crippen molar-refractivity contribution >= 4 is 40.3 Å². The van der Waals surface area contributed by atoms with Crippen molar-refractivity contribution in [2.24, 2.45) is 0 Å². The van der Waals surface area contributed by atoms with Gasteiger partial charge in [0.2, 0.25) is 0 Å². The Morgan fingerprint density at radius 3 is 1.84 bits per heavy atom. The first-order chi connectivity index (χ1) is 11.7. The minimum atomic E-state index is -0.950. The van der Waals surface area contributed by atoms with Crippen LogP contribution >= 0.6 is 11.6 Å². The van der Waals surface area contributed by atoms with E-state index in [1.807, 2.05) is 0 Å². The summed E-state index contributed by atoms with van der Waals surface area (Å²) in [6.07, 6.45) is 0. The fourth-order valence-corrected chi connectivity index (χ4v) is 2.02. The number of benzene rings is 2. The Labute approximate surface area is 143 Å². The van der Waals surface area contributed by atoms with Crippen molar-refractivity contribution in [1.29, 1.82) is 0 Å². The van der Waals surface area contributed by atoms with Crippen molar-refractivity contribution in [2.45, 2.75) is 0 Å². The zero-order valence-corrected chi connectivity index (χ0v) is 12.8. The molecule has 0 atom stereocenters. The molecule has 25 heavy (non-hydrogen) atoms. The van der Waals surface area contributed by atoms with Gasteiger partial charge in [-0.15, -0.1) is 0 Å². The van der Waals surface area contributed by atoms with Gasteiger partial charge >= 0.3 is 0 Å². The highest BCUT2D eigenvalue weighted by molar-refractivity contribution is 6.34. The summed E-state index contributed by atoms with van der Waals surface area (Å²) in [6.45, 7) is 0. The van der Waals surface area contributed by atoms with Gasteiger partial charge in [0, 0.05) is 24.3 Å². The molecule has 12 heteroatoms. The number of anilines is 1. The number of hydrogen-bond acceptors (Lipinski definition) is 7. The number of hydrogen-bond donors (Lipinski definition) is 1. The molecule has 0 radical (unpaired) electrons. The zero-order chi connectivity index (χ0) is 18.7. The van der Waals surface area contributed by atoms with Gasteiger partial charge in [-0.3, -0.25) is 35.1 Å². The van der Waals surface area contributed by atoms with Crippen LogP contribution in [0.25, 0.3) is 0 Å². The normalized spacial score (nSPS) is 10.1. The van der Waals surface area contributed by atoms with Crippen LogP contribution in [0, 0.1) is 30.3 Å². The van der Waals surface area contributed by atoms with Crippen molar-refractivity contribution in [1.82, 2.24) is 0 Å². The smallest absolute Gasteiger partial charge is 0.277 e. The van der Waals surface area contributed by atoms with Gasteiger partial charge in [-0.25, -0.2) is 0 Å². The Bertz CT molecular complexity index is 883. The van der Waals surface area contributed by atoms with Crippen molar-refractivity contribution in [3.05, 3.63) is 77.3 Å². The molecule has 0 aliphatic rings. The summed E-state index contributed by atoms with van der Waals surface area (Å²) in [5.74, 6) is -0.950. The van der Waals surface area contributed by atoms with E-state index in [0.717, 1.165) is 24.3 Å². The lowest BCUT2D eigenvalue weighted by molar-refractivity contribution is -0.394.